The minimum absolute atomic E-state index is 0.00230. The van der Waals surface area contributed by atoms with Crippen molar-refractivity contribution in [1.29, 1.82) is 0 Å². The third-order valence-electron chi connectivity index (χ3n) is 9.28. The molecule has 1 aromatic carbocycles. The number of hydrogen-bond donors (Lipinski definition) is 2. The van der Waals surface area contributed by atoms with E-state index >= 15 is 0 Å². The monoisotopic (exact) mass is 676 g/mol. The summed E-state index contributed by atoms with van der Waals surface area (Å²) in [5, 5.41) is 2.94. The predicted octanol–water partition coefficient (Wildman–Crippen LogP) is 5.77. The quantitative estimate of drug-likeness (QED) is 0.157. The van der Waals surface area contributed by atoms with Gasteiger partial charge in [0, 0.05) is 32.6 Å². The van der Waals surface area contributed by atoms with Crippen LogP contribution in [-0.4, -0.2) is 82.3 Å². The van der Waals surface area contributed by atoms with Gasteiger partial charge in [0.25, 0.3) is 0 Å². The van der Waals surface area contributed by atoms with Crippen LogP contribution in [0, 0.1) is 35.0 Å². The van der Waals surface area contributed by atoms with E-state index in [2.05, 4.69) is 25.2 Å². The van der Waals surface area contributed by atoms with Crippen LogP contribution in [0.4, 0.5) is 4.79 Å². The molecule has 0 spiro atoms. The molecule has 1 saturated heterocycles. The van der Waals surface area contributed by atoms with Crippen LogP contribution < -0.4 is 20.5 Å². The summed E-state index contributed by atoms with van der Waals surface area (Å²) < 4.78 is 28.8. The van der Waals surface area contributed by atoms with Crippen molar-refractivity contribution in [3.8, 4) is 11.5 Å². The molecule has 1 radical (unpaired) electrons. The number of benzene rings is 1. The van der Waals surface area contributed by atoms with Gasteiger partial charge >= 0.3 is 6.09 Å². The highest BCUT2D eigenvalue weighted by molar-refractivity contribution is 5.83. The fraction of sp³-hybridized carbons (Fsp3) is 0.730. The number of rotatable bonds is 21. The smallest absolute Gasteiger partial charge is 0.411 e. The molecule has 1 aromatic rings. The molecule has 48 heavy (non-hydrogen) atoms. The fourth-order valence-corrected chi connectivity index (χ4v) is 5.71. The third-order valence-corrected chi connectivity index (χ3v) is 9.28. The SMILES string of the molecule is COCCCOc1cc(C[C@H](C[C@H]2[C@H](C[C@H](C(=O)NCC(C)(C)C(N)=O)C(C)C)OCN2C(=O)OCC[C](C)C)C(C)C)ccc1OC. The number of methoxy groups -OCH3 is 2. The molecule has 0 aromatic heterocycles. The zero-order valence-electron chi connectivity index (χ0n) is 31.1. The molecule has 11 nitrogen and oxygen atoms in total. The van der Waals surface area contributed by atoms with Crippen LogP contribution >= 0.6 is 0 Å². The molecule has 0 unspecified atom stereocenters. The van der Waals surface area contributed by atoms with Crippen LogP contribution in [0.25, 0.3) is 0 Å². The van der Waals surface area contributed by atoms with Crippen molar-refractivity contribution in [2.45, 2.75) is 99.6 Å². The van der Waals surface area contributed by atoms with Crippen molar-refractivity contribution in [3.63, 3.8) is 0 Å². The number of amides is 3. The van der Waals surface area contributed by atoms with Gasteiger partial charge in [0.2, 0.25) is 11.8 Å². The van der Waals surface area contributed by atoms with Crippen LogP contribution in [0.1, 0.15) is 86.6 Å². The Kier molecular flexibility index (Phi) is 17.0. The van der Waals surface area contributed by atoms with Gasteiger partial charge in [-0.05, 0) is 80.9 Å². The van der Waals surface area contributed by atoms with E-state index < -0.39 is 23.3 Å². The number of nitrogens with zero attached hydrogens (tertiary/aromatic N) is 1. The van der Waals surface area contributed by atoms with Crippen LogP contribution in [-0.2, 0) is 30.2 Å². The Bertz CT molecular complexity index is 1160. The van der Waals surface area contributed by atoms with E-state index in [1.807, 2.05) is 39.8 Å². The van der Waals surface area contributed by atoms with Gasteiger partial charge in [-0.2, -0.15) is 0 Å². The van der Waals surface area contributed by atoms with Crippen molar-refractivity contribution >= 4 is 17.9 Å². The number of hydrogen-bond acceptors (Lipinski definition) is 8. The van der Waals surface area contributed by atoms with Crippen molar-refractivity contribution in [2.75, 3.05) is 47.3 Å². The van der Waals surface area contributed by atoms with Gasteiger partial charge in [0.15, 0.2) is 11.5 Å². The largest absolute Gasteiger partial charge is 0.493 e. The molecule has 273 valence electrons. The Balaban J connectivity index is 2.33. The van der Waals surface area contributed by atoms with Crippen molar-refractivity contribution in [2.24, 2.45) is 34.8 Å². The van der Waals surface area contributed by atoms with Crippen LogP contribution in [0.15, 0.2) is 18.2 Å². The molecule has 1 aliphatic heterocycles. The molecular formula is C37H62N3O8. The lowest BCUT2D eigenvalue weighted by molar-refractivity contribution is -0.130. The van der Waals surface area contributed by atoms with Crippen molar-refractivity contribution in [1.82, 2.24) is 10.2 Å². The van der Waals surface area contributed by atoms with E-state index in [0.717, 1.165) is 18.4 Å². The molecule has 2 rings (SSSR count). The second kappa shape index (κ2) is 19.8. The first kappa shape index (κ1) is 41.1. The Labute approximate surface area is 288 Å². The molecule has 0 saturated carbocycles. The van der Waals surface area contributed by atoms with E-state index in [1.165, 1.54) is 5.92 Å². The van der Waals surface area contributed by atoms with E-state index in [9.17, 15) is 14.4 Å². The van der Waals surface area contributed by atoms with Gasteiger partial charge in [-0.1, -0.05) is 47.6 Å². The van der Waals surface area contributed by atoms with Gasteiger partial charge in [-0.3, -0.25) is 14.5 Å². The van der Waals surface area contributed by atoms with Gasteiger partial charge < -0.3 is 34.7 Å². The Hall–Kier alpha value is -3.05. The summed E-state index contributed by atoms with van der Waals surface area (Å²) in [5.74, 6) is 1.97. The third kappa shape index (κ3) is 12.8. The maximum absolute atomic E-state index is 13.5. The average molecular weight is 677 g/mol. The first-order valence-corrected chi connectivity index (χ1v) is 17.3. The van der Waals surface area contributed by atoms with Crippen LogP contribution in [0.2, 0.25) is 0 Å². The minimum Gasteiger partial charge on any atom is -0.493 e. The maximum atomic E-state index is 13.5. The van der Waals surface area contributed by atoms with Gasteiger partial charge in [-0.15, -0.1) is 0 Å². The molecule has 0 bridgehead atoms. The van der Waals surface area contributed by atoms with E-state index in [4.69, 9.17) is 29.4 Å². The van der Waals surface area contributed by atoms with Crippen molar-refractivity contribution in [3.05, 3.63) is 29.7 Å². The highest BCUT2D eigenvalue weighted by Gasteiger charge is 2.43. The van der Waals surface area contributed by atoms with Gasteiger partial charge in [0.05, 0.1) is 37.9 Å². The maximum Gasteiger partial charge on any atom is 0.411 e. The number of primary amides is 1. The summed E-state index contributed by atoms with van der Waals surface area (Å²) >= 11 is 0. The van der Waals surface area contributed by atoms with Crippen molar-refractivity contribution < 1.29 is 38.1 Å². The van der Waals surface area contributed by atoms with Gasteiger partial charge in [0.1, 0.15) is 6.73 Å². The van der Waals surface area contributed by atoms with E-state index in [1.54, 1.807) is 33.0 Å². The summed E-state index contributed by atoms with van der Waals surface area (Å²) in [5.41, 5.74) is 5.77. The van der Waals surface area contributed by atoms with Gasteiger partial charge in [-0.25, -0.2) is 4.79 Å². The van der Waals surface area contributed by atoms with Crippen LogP contribution in [0.5, 0.6) is 11.5 Å². The lowest BCUT2D eigenvalue weighted by Gasteiger charge is -2.33. The van der Waals surface area contributed by atoms with E-state index in [0.29, 0.717) is 50.6 Å². The first-order chi connectivity index (χ1) is 22.6. The average Bonchev–Trinajstić information content (AvgIpc) is 3.42. The number of ether oxygens (including phenoxy) is 5. The lowest BCUT2D eigenvalue weighted by Crippen LogP contribution is -2.46. The number of carbonyl (C=O) groups is 3. The number of nitrogens with two attached hydrogens (primary N) is 1. The fourth-order valence-electron chi connectivity index (χ4n) is 5.71. The second-order valence-electron chi connectivity index (χ2n) is 14.6. The second-order valence-corrected chi connectivity index (χ2v) is 14.6. The summed E-state index contributed by atoms with van der Waals surface area (Å²) in [6, 6.07) is 5.73. The number of nitrogens with one attached hydrogen (secondary N) is 1. The summed E-state index contributed by atoms with van der Waals surface area (Å²) in [6.45, 7) is 17.5. The highest BCUT2D eigenvalue weighted by Crippen LogP contribution is 2.36. The highest BCUT2D eigenvalue weighted by atomic mass is 16.6. The topological polar surface area (TPSA) is 139 Å². The predicted molar refractivity (Wildman–Crippen MR) is 186 cm³/mol. The minimum atomic E-state index is -0.876. The molecule has 11 heteroatoms. The Morgan fingerprint density at radius 1 is 1.02 bits per heavy atom. The molecule has 4 atom stereocenters. The molecule has 1 fully saturated rings. The standard InChI is InChI=1S/C37H62N3O8/c1-24(2)14-17-47-36(43)40-23-48-32(21-29(26(5)6)34(41)39-22-37(7,8)35(38)42)30(40)20-28(25(3)4)18-27-12-13-31(45-10)33(19-27)46-16-11-15-44-9/h12-13,19,25-26,28-30,32H,11,14-18,20-23H2,1-10H3,(H2,38,42)(H,39,41)/t28-,29+,30+,32+/m1/s1. The Morgan fingerprint density at radius 2 is 1.73 bits per heavy atom. The molecule has 1 heterocycles. The molecular weight excluding hydrogens is 614 g/mol. The summed E-state index contributed by atoms with van der Waals surface area (Å²) in [7, 11) is 3.30. The molecule has 0 aliphatic carbocycles. The lowest BCUT2D eigenvalue weighted by atomic mass is 9.80. The van der Waals surface area contributed by atoms with Crippen LogP contribution in [0.3, 0.4) is 0 Å². The number of carbonyl (C=O) groups excluding carboxylic acids is 3. The van der Waals surface area contributed by atoms with E-state index in [-0.39, 0.29) is 49.1 Å². The normalized spacial score (nSPS) is 17.9. The molecule has 3 N–H and O–H groups in total. The zero-order chi connectivity index (χ0) is 36.0. The molecule has 1 aliphatic rings. The summed E-state index contributed by atoms with van der Waals surface area (Å²) in [6.07, 6.45) is 2.50. The summed E-state index contributed by atoms with van der Waals surface area (Å²) in [4.78, 5) is 40.5. The molecule has 3 amide bonds. The Morgan fingerprint density at radius 3 is 2.31 bits per heavy atom. The first-order valence-electron chi connectivity index (χ1n) is 17.3. The zero-order valence-corrected chi connectivity index (χ0v) is 31.1.